The van der Waals surface area contributed by atoms with Gasteiger partial charge in [-0.15, -0.1) is 0 Å². The summed E-state index contributed by atoms with van der Waals surface area (Å²) in [6.45, 7) is 1.19. The van der Waals surface area contributed by atoms with Crippen LogP contribution in [0.4, 0.5) is 5.69 Å². The van der Waals surface area contributed by atoms with Crippen LogP contribution in [-0.4, -0.2) is 12.5 Å². The minimum absolute atomic E-state index is 0.294. The summed E-state index contributed by atoms with van der Waals surface area (Å²) >= 11 is 0. The predicted octanol–water partition coefficient (Wildman–Crippen LogP) is 3.29. The number of fused-ring (bicyclic) bond motifs is 1. The molecule has 0 fully saturated rings. The number of benzene rings is 2. The Balaban J connectivity index is 1.68. The zero-order valence-electron chi connectivity index (χ0n) is 11.1. The van der Waals surface area contributed by atoms with Crippen molar-refractivity contribution in [1.82, 2.24) is 0 Å². The smallest absolute Gasteiger partial charge is 0.338 e. The fourth-order valence-electron chi connectivity index (χ4n) is 2.17. The van der Waals surface area contributed by atoms with E-state index in [0.29, 0.717) is 12.2 Å². The van der Waals surface area contributed by atoms with Crippen LogP contribution >= 0.6 is 0 Å². The highest BCUT2D eigenvalue weighted by Gasteiger charge is 2.13. The van der Waals surface area contributed by atoms with Crippen LogP contribution < -0.4 is 5.32 Å². The van der Waals surface area contributed by atoms with Gasteiger partial charge in [-0.2, -0.15) is 0 Å². The molecule has 1 aliphatic heterocycles. The van der Waals surface area contributed by atoms with Gasteiger partial charge in [0.05, 0.1) is 5.56 Å². The van der Waals surface area contributed by atoms with Crippen molar-refractivity contribution in [2.24, 2.45) is 0 Å². The molecule has 3 rings (SSSR count). The molecule has 3 nitrogen and oxygen atoms in total. The predicted molar refractivity (Wildman–Crippen MR) is 77.5 cm³/mol. The summed E-state index contributed by atoms with van der Waals surface area (Å²) in [6.07, 6.45) is 4.12. The van der Waals surface area contributed by atoms with Crippen molar-refractivity contribution < 1.29 is 9.53 Å². The SMILES string of the molecule is O=C(OCc1ccccc1)c1ccc2c(c1)[C]CCN2. The summed E-state index contributed by atoms with van der Waals surface area (Å²) in [6, 6.07) is 15.2. The van der Waals surface area contributed by atoms with Crippen LogP contribution in [0.1, 0.15) is 27.9 Å². The van der Waals surface area contributed by atoms with Crippen LogP contribution in [0.15, 0.2) is 48.5 Å². The van der Waals surface area contributed by atoms with Crippen LogP contribution in [0.2, 0.25) is 0 Å². The molecule has 0 saturated heterocycles. The molecule has 0 bridgehead atoms. The minimum Gasteiger partial charge on any atom is -0.457 e. The summed E-state index contributed by atoms with van der Waals surface area (Å²) in [7, 11) is 0. The molecular weight excluding hydrogens is 250 g/mol. The molecule has 2 radical (unpaired) electrons. The molecule has 0 amide bonds. The Morgan fingerprint density at radius 2 is 2.05 bits per heavy atom. The Hall–Kier alpha value is -2.29. The zero-order chi connectivity index (χ0) is 13.8. The van der Waals surface area contributed by atoms with Crippen molar-refractivity contribution in [2.75, 3.05) is 11.9 Å². The van der Waals surface area contributed by atoms with Crippen LogP contribution in [-0.2, 0) is 11.3 Å². The van der Waals surface area contributed by atoms with E-state index in [9.17, 15) is 4.79 Å². The fraction of sp³-hybridized carbons (Fsp3) is 0.176. The van der Waals surface area contributed by atoms with E-state index in [4.69, 9.17) is 4.74 Å². The number of anilines is 1. The van der Waals surface area contributed by atoms with Crippen molar-refractivity contribution in [3.63, 3.8) is 0 Å². The number of hydrogen-bond donors (Lipinski definition) is 1. The summed E-state index contributed by atoms with van der Waals surface area (Å²) in [5, 5.41) is 3.27. The van der Waals surface area contributed by atoms with E-state index < -0.39 is 0 Å². The largest absolute Gasteiger partial charge is 0.457 e. The summed E-state index contributed by atoms with van der Waals surface area (Å²) in [5.41, 5.74) is 3.52. The highest BCUT2D eigenvalue weighted by Crippen LogP contribution is 2.24. The number of carbonyl (C=O) groups is 1. The van der Waals surface area contributed by atoms with Gasteiger partial charge in [0.1, 0.15) is 6.61 Å². The number of esters is 1. The first-order valence-corrected chi connectivity index (χ1v) is 6.66. The molecule has 0 aliphatic carbocycles. The van der Waals surface area contributed by atoms with E-state index in [0.717, 1.165) is 29.8 Å². The topological polar surface area (TPSA) is 38.3 Å². The second-order valence-corrected chi connectivity index (χ2v) is 4.68. The van der Waals surface area contributed by atoms with Crippen molar-refractivity contribution in [1.29, 1.82) is 0 Å². The molecule has 1 aliphatic rings. The molecule has 1 N–H and O–H groups in total. The third-order valence-corrected chi connectivity index (χ3v) is 3.22. The van der Waals surface area contributed by atoms with E-state index in [1.807, 2.05) is 42.5 Å². The van der Waals surface area contributed by atoms with Gasteiger partial charge in [0, 0.05) is 18.7 Å². The maximum atomic E-state index is 12.0. The van der Waals surface area contributed by atoms with Gasteiger partial charge in [-0.25, -0.2) is 4.79 Å². The molecule has 100 valence electrons. The average molecular weight is 265 g/mol. The Morgan fingerprint density at radius 1 is 1.20 bits per heavy atom. The Morgan fingerprint density at radius 3 is 2.90 bits per heavy atom. The third-order valence-electron chi connectivity index (χ3n) is 3.22. The van der Waals surface area contributed by atoms with Gasteiger partial charge in [0.2, 0.25) is 0 Å². The lowest BCUT2D eigenvalue weighted by molar-refractivity contribution is 0.0472. The fourth-order valence-corrected chi connectivity index (χ4v) is 2.17. The highest BCUT2D eigenvalue weighted by atomic mass is 16.5. The molecule has 1 heterocycles. The lowest BCUT2D eigenvalue weighted by atomic mass is 10.0. The molecule has 3 heteroatoms. The van der Waals surface area contributed by atoms with E-state index in [1.54, 1.807) is 6.07 Å². The summed E-state index contributed by atoms with van der Waals surface area (Å²) < 4.78 is 5.32. The van der Waals surface area contributed by atoms with Gasteiger partial charge in [-0.3, -0.25) is 0 Å². The van der Waals surface area contributed by atoms with Crippen molar-refractivity contribution >= 4 is 11.7 Å². The maximum Gasteiger partial charge on any atom is 0.338 e. The first-order valence-electron chi connectivity index (χ1n) is 6.66. The monoisotopic (exact) mass is 265 g/mol. The Kier molecular flexibility index (Phi) is 3.68. The number of hydrogen-bond acceptors (Lipinski definition) is 3. The van der Waals surface area contributed by atoms with E-state index in [2.05, 4.69) is 11.7 Å². The molecular formula is C17H15NO2. The Bertz CT molecular complexity index is 608. The molecule has 2 aromatic carbocycles. The number of nitrogens with one attached hydrogen (secondary N) is 1. The molecule has 0 aromatic heterocycles. The number of carbonyl (C=O) groups excluding carboxylic acids is 1. The second-order valence-electron chi connectivity index (χ2n) is 4.68. The highest BCUT2D eigenvalue weighted by molar-refractivity contribution is 5.90. The quantitative estimate of drug-likeness (QED) is 0.865. The maximum absolute atomic E-state index is 12.0. The van der Waals surface area contributed by atoms with Crippen molar-refractivity contribution in [2.45, 2.75) is 13.0 Å². The van der Waals surface area contributed by atoms with Gasteiger partial charge >= 0.3 is 5.97 Å². The van der Waals surface area contributed by atoms with Crippen molar-refractivity contribution in [3.8, 4) is 0 Å². The van der Waals surface area contributed by atoms with E-state index in [1.165, 1.54) is 0 Å². The number of ether oxygens (including phenoxy) is 1. The van der Waals surface area contributed by atoms with E-state index >= 15 is 0 Å². The number of rotatable bonds is 3. The van der Waals surface area contributed by atoms with Gasteiger partial charge in [-0.1, -0.05) is 30.3 Å². The van der Waals surface area contributed by atoms with Crippen LogP contribution in [0.25, 0.3) is 0 Å². The van der Waals surface area contributed by atoms with Crippen LogP contribution in [0.3, 0.4) is 0 Å². The van der Waals surface area contributed by atoms with Gasteiger partial charge in [0.15, 0.2) is 0 Å². The van der Waals surface area contributed by atoms with E-state index in [-0.39, 0.29) is 5.97 Å². The zero-order valence-corrected chi connectivity index (χ0v) is 11.1. The molecule has 20 heavy (non-hydrogen) atoms. The molecule has 0 saturated carbocycles. The molecule has 2 aromatic rings. The van der Waals surface area contributed by atoms with Crippen molar-refractivity contribution in [3.05, 3.63) is 71.6 Å². The minimum atomic E-state index is -0.302. The second kappa shape index (κ2) is 5.78. The van der Waals surface area contributed by atoms with Gasteiger partial charge in [0.25, 0.3) is 0 Å². The molecule has 0 spiro atoms. The summed E-state index contributed by atoms with van der Waals surface area (Å²) in [4.78, 5) is 12.0. The van der Waals surface area contributed by atoms with Crippen LogP contribution in [0.5, 0.6) is 0 Å². The van der Waals surface area contributed by atoms with Crippen LogP contribution in [0, 0.1) is 6.42 Å². The average Bonchev–Trinajstić information content (AvgIpc) is 2.53. The standard InChI is InChI=1S/C17H15NO2/c19-17(20-12-13-5-2-1-3-6-13)15-8-9-16-14(11-15)7-4-10-18-16/h1-3,5-6,8-9,11,18H,4,10,12H2. The Labute approximate surface area is 118 Å². The molecule has 0 atom stereocenters. The first kappa shape index (κ1) is 12.7. The summed E-state index contributed by atoms with van der Waals surface area (Å²) in [5.74, 6) is -0.302. The van der Waals surface area contributed by atoms with Gasteiger partial charge < -0.3 is 10.1 Å². The lowest BCUT2D eigenvalue weighted by Crippen LogP contribution is -2.12. The molecule has 0 unspecified atom stereocenters. The normalized spacial score (nSPS) is 13.2. The lowest BCUT2D eigenvalue weighted by Gasteiger charge is -2.17. The third kappa shape index (κ3) is 2.82. The first-order chi connectivity index (χ1) is 9.83. The van der Waals surface area contributed by atoms with Gasteiger partial charge in [-0.05, 0) is 35.7 Å².